The molecule has 3 N–H and O–H groups in total. The molecule has 0 amide bonds. The molecule has 0 radical (unpaired) electrons. The summed E-state index contributed by atoms with van der Waals surface area (Å²) in [5.41, 5.74) is 6.38. The van der Waals surface area contributed by atoms with Crippen LogP contribution in [0.2, 0.25) is 0 Å². The number of benzene rings is 3. The number of phenols is 1. The lowest BCUT2D eigenvalue weighted by molar-refractivity contribution is -0.156. The Morgan fingerprint density at radius 3 is 2.56 bits per heavy atom. The summed E-state index contributed by atoms with van der Waals surface area (Å²) in [4.78, 5) is 36.5. The van der Waals surface area contributed by atoms with Crippen LogP contribution in [0.5, 0.6) is 34.5 Å². The van der Waals surface area contributed by atoms with Crippen molar-refractivity contribution in [1.29, 1.82) is 0 Å². The first-order chi connectivity index (χ1) is 27.4. The van der Waals surface area contributed by atoms with Crippen LogP contribution in [-0.4, -0.2) is 96.9 Å². The average molecular weight is 799 g/mol. The summed E-state index contributed by atoms with van der Waals surface area (Å²) in [6.07, 6.45) is 0.714. The van der Waals surface area contributed by atoms with E-state index in [2.05, 4.69) is 40.0 Å². The minimum atomic E-state index is -1.23. The lowest BCUT2D eigenvalue weighted by Crippen LogP contribution is -2.64. The van der Waals surface area contributed by atoms with Gasteiger partial charge in [0.1, 0.15) is 18.1 Å². The van der Waals surface area contributed by atoms with Crippen LogP contribution < -0.4 is 29.0 Å². The lowest BCUT2D eigenvalue weighted by Gasteiger charge is -2.59. The molecule has 6 aliphatic heterocycles. The van der Waals surface area contributed by atoms with Gasteiger partial charge >= 0.3 is 11.9 Å². The molecule has 1 spiro atoms. The number of ether oxygens (including phenoxy) is 6. The molecule has 4 aromatic rings. The number of aryl methyl sites for hydroxylation is 2. The molecular formula is C43H50N4O9S. The molecule has 6 atom stereocenters. The number of thioether (sulfide) groups is 1. The Kier molecular flexibility index (Phi) is 9.34. The van der Waals surface area contributed by atoms with Crippen LogP contribution in [0, 0.1) is 20.8 Å². The van der Waals surface area contributed by atoms with Crippen LogP contribution in [0.25, 0.3) is 10.9 Å². The molecule has 2 saturated heterocycles. The van der Waals surface area contributed by atoms with Gasteiger partial charge in [-0.3, -0.25) is 19.9 Å². The van der Waals surface area contributed by atoms with Gasteiger partial charge in [0.05, 0.1) is 37.2 Å². The number of carbonyl (C=O) groups excluding carboxylic acids is 2. The monoisotopic (exact) mass is 798 g/mol. The number of fused-ring (bicyclic) bond motifs is 7. The zero-order valence-corrected chi connectivity index (χ0v) is 34.5. The van der Waals surface area contributed by atoms with Crippen molar-refractivity contribution in [2.75, 3.05) is 53.0 Å². The van der Waals surface area contributed by atoms with Gasteiger partial charge in [0.25, 0.3) is 0 Å². The van der Waals surface area contributed by atoms with E-state index in [1.807, 2.05) is 39.0 Å². The molecule has 2 bridgehead atoms. The minimum Gasteiger partial charge on any atom is -0.504 e. The summed E-state index contributed by atoms with van der Waals surface area (Å²) in [6, 6.07) is 6.87. The second-order valence-electron chi connectivity index (χ2n) is 15.9. The van der Waals surface area contributed by atoms with Gasteiger partial charge in [0.15, 0.2) is 28.5 Å². The molecule has 13 nitrogen and oxygen atoms in total. The van der Waals surface area contributed by atoms with Gasteiger partial charge in [-0.1, -0.05) is 13.0 Å². The normalized spacial score (nSPS) is 26.8. The Bertz CT molecular complexity index is 2330. The number of esters is 2. The molecule has 6 aliphatic rings. The number of hydrogen-bond acceptors (Lipinski definition) is 13. The van der Waals surface area contributed by atoms with E-state index < -0.39 is 22.8 Å². The van der Waals surface area contributed by atoms with Crippen molar-refractivity contribution >= 4 is 34.6 Å². The standard InChI is InChI=1S/C43H50N4O9S/c1-9-46-22(4)16-47-29-17-53-42(50)43(41-26(12-13-44-43)27-15-25(51-7)10-11-28(27)45-41)18-57-40(34(47)33(46)30-20(2)14-21(3)36(52-8)35(30)49)32-31(29)39-38(54-19-55-39)23(5)37(32)56-24(6)48/h10-11,14-15,22,29,33-34,40,44-45,49H,9,12-13,16-19H2,1-8H3/t22-,29?,33+,34+,40+,43+/m0/s1. The van der Waals surface area contributed by atoms with Crippen molar-refractivity contribution in [2.24, 2.45) is 0 Å². The summed E-state index contributed by atoms with van der Waals surface area (Å²) in [6.45, 7) is 13.6. The summed E-state index contributed by atoms with van der Waals surface area (Å²) in [5.74, 6) is 2.30. The minimum absolute atomic E-state index is 0.00133. The molecule has 2 fully saturated rings. The Balaban J connectivity index is 1.31. The Morgan fingerprint density at radius 1 is 1.04 bits per heavy atom. The lowest BCUT2D eigenvalue weighted by atomic mass is 9.77. The van der Waals surface area contributed by atoms with E-state index in [1.54, 1.807) is 26.0 Å². The molecule has 14 heteroatoms. The van der Waals surface area contributed by atoms with Crippen molar-refractivity contribution in [2.45, 2.75) is 82.9 Å². The van der Waals surface area contributed by atoms with E-state index in [1.165, 1.54) is 6.92 Å². The molecular weight excluding hydrogens is 749 g/mol. The topological polar surface area (TPSA) is 144 Å². The highest BCUT2D eigenvalue weighted by Gasteiger charge is 2.58. The fraction of sp³-hybridized carbons (Fsp3) is 0.488. The van der Waals surface area contributed by atoms with Crippen molar-refractivity contribution in [1.82, 2.24) is 20.1 Å². The number of hydrogen-bond donors (Lipinski definition) is 3. The molecule has 3 aromatic carbocycles. The largest absolute Gasteiger partial charge is 0.504 e. The van der Waals surface area contributed by atoms with Crippen molar-refractivity contribution in [3.63, 3.8) is 0 Å². The first-order valence-corrected chi connectivity index (χ1v) is 20.7. The maximum Gasteiger partial charge on any atom is 0.333 e. The SMILES string of the molecule is CCN1[C@H](c2c(C)cc(C)c(OC)c2O)[C@@H]2[C@@H]3SC[C@]4(NCCc5c4[nH]c4ccc(OC)cc54)C(=O)OCC(c4c5c(c(C)c(OC(C)=O)c43)OCO5)N2C[C@@H]1C. The van der Waals surface area contributed by atoms with Crippen molar-refractivity contribution < 1.29 is 43.1 Å². The van der Waals surface area contributed by atoms with Crippen LogP contribution >= 0.6 is 11.8 Å². The van der Waals surface area contributed by atoms with Gasteiger partial charge in [0.2, 0.25) is 6.79 Å². The Hall–Kier alpha value is -4.63. The molecule has 0 saturated carbocycles. The maximum absolute atomic E-state index is 14.9. The highest BCUT2D eigenvalue weighted by Crippen LogP contribution is 2.63. The van der Waals surface area contributed by atoms with Gasteiger partial charge in [0, 0.05) is 71.0 Å². The average Bonchev–Trinajstić information content (AvgIpc) is 3.83. The molecule has 57 heavy (non-hydrogen) atoms. The number of rotatable bonds is 5. The smallest absolute Gasteiger partial charge is 0.333 e. The zero-order chi connectivity index (χ0) is 40.1. The van der Waals surface area contributed by atoms with E-state index in [9.17, 15) is 14.7 Å². The van der Waals surface area contributed by atoms with Gasteiger partial charge in [-0.05, 0) is 75.5 Å². The van der Waals surface area contributed by atoms with E-state index in [4.69, 9.17) is 28.4 Å². The molecule has 0 aliphatic carbocycles. The maximum atomic E-state index is 14.9. The first kappa shape index (κ1) is 37.9. The number of nitrogens with one attached hydrogen (secondary N) is 2. The van der Waals surface area contributed by atoms with Crippen LogP contribution in [-0.2, 0) is 26.3 Å². The number of carbonyl (C=O) groups is 2. The number of H-pyrrole nitrogens is 1. The van der Waals surface area contributed by atoms with Crippen LogP contribution in [0.4, 0.5) is 0 Å². The van der Waals surface area contributed by atoms with Crippen LogP contribution in [0.15, 0.2) is 24.3 Å². The quantitative estimate of drug-likeness (QED) is 0.160. The third-order valence-corrected chi connectivity index (χ3v) is 14.3. The van der Waals surface area contributed by atoms with Gasteiger partial charge in [-0.15, -0.1) is 11.8 Å². The van der Waals surface area contributed by atoms with E-state index in [-0.39, 0.29) is 49.0 Å². The number of piperazine rings is 1. The predicted molar refractivity (Wildman–Crippen MR) is 215 cm³/mol. The van der Waals surface area contributed by atoms with Crippen molar-refractivity contribution in [3.8, 4) is 34.5 Å². The number of likely N-dealkylation sites (N-methyl/N-ethyl adjacent to an activating group) is 1. The molecule has 1 aromatic heterocycles. The third-order valence-electron chi connectivity index (χ3n) is 12.8. The molecule has 10 rings (SSSR count). The van der Waals surface area contributed by atoms with Gasteiger partial charge in [-0.2, -0.15) is 0 Å². The zero-order valence-electron chi connectivity index (χ0n) is 33.7. The molecule has 7 heterocycles. The second kappa shape index (κ2) is 14.0. The fourth-order valence-corrected chi connectivity index (χ4v) is 12.2. The molecule has 302 valence electrons. The van der Waals surface area contributed by atoms with Gasteiger partial charge < -0.3 is 38.5 Å². The number of aromatic hydroxyl groups is 1. The Labute approximate surface area is 336 Å². The number of methoxy groups -OCH3 is 2. The summed E-state index contributed by atoms with van der Waals surface area (Å²) >= 11 is 1.63. The Morgan fingerprint density at radius 2 is 1.82 bits per heavy atom. The number of phenolic OH excluding ortho intramolecular Hbond substituents is 1. The number of aromatic nitrogens is 1. The number of nitrogens with zero attached hydrogens (tertiary/aromatic N) is 2. The van der Waals surface area contributed by atoms with Crippen LogP contribution in [0.3, 0.4) is 0 Å². The second-order valence-corrected chi connectivity index (χ2v) is 17.0. The summed E-state index contributed by atoms with van der Waals surface area (Å²) in [7, 11) is 3.24. The van der Waals surface area contributed by atoms with E-state index >= 15 is 0 Å². The van der Waals surface area contributed by atoms with Gasteiger partial charge in [-0.25, -0.2) is 4.79 Å². The van der Waals surface area contributed by atoms with E-state index in [0.717, 1.165) is 55.7 Å². The third kappa shape index (κ3) is 5.54. The highest BCUT2D eigenvalue weighted by molar-refractivity contribution is 7.99. The fourth-order valence-electron chi connectivity index (χ4n) is 10.5. The summed E-state index contributed by atoms with van der Waals surface area (Å²) < 4.78 is 36.6. The predicted octanol–water partition coefficient (Wildman–Crippen LogP) is 6.03. The number of aromatic amines is 1. The van der Waals surface area contributed by atoms with E-state index in [0.29, 0.717) is 54.6 Å². The van der Waals surface area contributed by atoms with Crippen LogP contribution in [0.1, 0.15) is 82.7 Å². The molecule has 1 unspecified atom stereocenters. The van der Waals surface area contributed by atoms with Crippen molar-refractivity contribution in [3.05, 3.63) is 68.9 Å². The summed E-state index contributed by atoms with van der Waals surface area (Å²) in [5, 5.41) is 16.5. The highest BCUT2D eigenvalue weighted by atomic mass is 32.2. The first-order valence-electron chi connectivity index (χ1n) is 19.7.